The molecule has 9 heteroatoms. The van der Waals surface area contributed by atoms with Crippen LogP contribution in [0, 0.1) is 57.3 Å². The second kappa shape index (κ2) is 17.8. The van der Waals surface area contributed by atoms with Gasteiger partial charge in [0.1, 0.15) is 12.5 Å². The molecular weight excluding hydrogens is 725 g/mol. The third-order valence-electron chi connectivity index (χ3n) is 13.0. The van der Waals surface area contributed by atoms with E-state index in [2.05, 4.69) is 94.4 Å². The lowest BCUT2D eigenvalue weighted by atomic mass is 9.85. The number of fused-ring (bicyclic) bond motifs is 7. The van der Waals surface area contributed by atoms with Crippen molar-refractivity contribution < 1.29 is 23.9 Å². The van der Waals surface area contributed by atoms with Crippen molar-refractivity contribution in [2.45, 2.75) is 114 Å². The van der Waals surface area contributed by atoms with Gasteiger partial charge in [-0.05, 0) is 112 Å². The van der Waals surface area contributed by atoms with Crippen molar-refractivity contribution in [3.8, 4) is 0 Å². The van der Waals surface area contributed by atoms with E-state index >= 15 is 0 Å². The van der Waals surface area contributed by atoms with Gasteiger partial charge in [0, 0.05) is 74.1 Å². The maximum atomic E-state index is 14.3. The summed E-state index contributed by atoms with van der Waals surface area (Å²) < 4.78 is 11.0. The first-order valence-corrected chi connectivity index (χ1v) is 21.3. The highest BCUT2D eigenvalue weighted by atomic mass is 16.5. The van der Waals surface area contributed by atoms with Crippen LogP contribution in [-0.2, 0) is 19.1 Å². The van der Waals surface area contributed by atoms with E-state index in [1.807, 2.05) is 25.2 Å². The van der Waals surface area contributed by atoms with Crippen LogP contribution < -0.4 is 16.0 Å². The number of esters is 2. The van der Waals surface area contributed by atoms with E-state index < -0.39 is 11.9 Å². The molecule has 310 valence electrons. The Labute approximate surface area is 344 Å². The average Bonchev–Trinajstić information content (AvgIpc) is 3.91. The minimum absolute atomic E-state index is 0.0850. The predicted octanol–water partition coefficient (Wildman–Crippen LogP) is 9.01. The summed E-state index contributed by atoms with van der Waals surface area (Å²) in [5.74, 6) is -1.13. The largest absolute Gasteiger partial charge is 0.468 e. The number of rotatable bonds is 15. The van der Waals surface area contributed by atoms with Gasteiger partial charge in [0.05, 0.1) is 12.8 Å². The van der Waals surface area contributed by atoms with Crippen LogP contribution in [0.1, 0.15) is 147 Å². The highest BCUT2D eigenvalue weighted by Crippen LogP contribution is 2.48. The maximum absolute atomic E-state index is 14.3. The zero-order valence-electron chi connectivity index (χ0n) is 36.4. The fraction of sp³-hybridized carbons (Fsp3) is 0.490. The molecule has 5 heterocycles. The van der Waals surface area contributed by atoms with Crippen LogP contribution in [0.2, 0.25) is 0 Å². The molecule has 0 amide bonds. The number of allylic oxidation sites excluding steroid dienone is 3. The summed E-state index contributed by atoms with van der Waals surface area (Å²) in [4.78, 5) is 52.0. The Morgan fingerprint density at radius 1 is 0.862 bits per heavy atom. The van der Waals surface area contributed by atoms with Gasteiger partial charge in [-0.2, -0.15) is 0 Å². The van der Waals surface area contributed by atoms with E-state index in [-0.39, 0.29) is 36.6 Å². The van der Waals surface area contributed by atoms with E-state index in [1.54, 1.807) is 0 Å². The van der Waals surface area contributed by atoms with Gasteiger partial charge in [0.2, 0.25) is 0 Å². The van der Waals surface area contributed by atoms with Crippen LogP contribution in [0.3, 0.4) is 0 Å². The Bertz CT molecular complexity index is 2320. The van der Waals surface area contributed by atoms with Crippen LogP contribution in [0.5, 0.6) is 0 Å². The average molecular weight is 789 g/mol. The molecule has 1 aliphatic carbocycles. The molecule has 3 aromatic heterocycles. The molecule has 6 rings (SSSR count). The first-order chi connectivity index (χ1) is 27.6. The molecule has 1 fully saturated rings. The minimum atomic E-state index is -1.14. The summed E-state index contributed by atoms with van der Waals surface area (Å²) in [6.45, 7) is 23.7. The Kier molecular flexibility index (Phi) is 13.1. The third-order valence-corrected chi connectivity index (χ3v) is 13.0. The Hall–Kier alpha value is -5.05. The molecule has 9 nitrogen and oxygen atoms in total. The first-order valence-electron chi connectivity index (χ1n) is 21.3. The maximum Gasteiger partial charge on any atom is 0.321 e. The van der Waals surface area contributed by atoms with Crippen molar-refractivity contribution in [1.82, 2.24) is 20.3 Å². The Balaban J connectivity index is 1.32. The van der Waals surface area contributed by atoms with Gasteiger partial charge >= 0.3 is 11.9 Å². The number of methoxy groups -OCH3 is 1. The topological polar surface area (TPSA) is 129 Å². The highest BCUT2D eigenvalue weighted by Gasteiger charge is 2.48. The lowest BCUT2D eigenvalue weighted by Crippen LogP contribution is -2.25. The van der Waals surface area contributed by atoms with E-state index in [0.29, 0.717) is 23.3 Å². The van der Waals surface area contributed by atoms with Gasteiger partial charge < -0.3 is 29.7 Å². The van der Waals surface area contributed by atoms with Crippen LogP contribution in [-0.4, -0.2) is 46.4 Å². The number of hydrogen-bond acceptors (Lipinski definition) is 6. The number of H-pyrrole nitrogens is 3. The Morgan fingerprint density at radius 3 is 2.21 bits per heavy atom. The number of carbonyl (C=O) groups is 3. The number of hydrogen-bond donors (Lipinski definition) is 4. The second-order valence-electron chi connectivity index (χ2n) is 17.5. The van der Waals surface area contributed by atoms with Crippen molar-refractivity contribution in [2.24, 2.45) is 29.6 Å². The zero-order valence-corrected chi connectivity index (χ0v) is 36.4. The van der Waals surface area contributed by atoms with Crippen LogP contribution in [0.4, 0.5) is 0 Å². The van der Waals surface area contributed by atoms with Gasteiger partial charge in [-0.3, -0.25) is 14.4 Å². The fourth-order valence-electron chi connectivity index (χ4n) is 9.09. The summed E-state index contributed by atoms with van der Waals surface area (Å²) in [7, 11) is 1.32. The van der Waals surface area contributed by atoms with Crippen molar-refractivity contribution in [2.75, 3.05) is 13.7 Å². The molecular formula is C49H64N4O5. The molecule has 4 N–H and O–H groups in total. The molecule has 0 aromatic carbocycles. The van der Waals surface area contributed by atoms with E-state index in [4.69, 9.17) is 9.47 Å². The second-order valence-corrected chi connectivity index (χ2v) is 17.5. The fourth-order valence-corrected chi connectivity index (χ4v) is 9.09. The number of Topliss-reactive ketones (excluding diaryl/α,β-unsaturated/α-hetero) is 1. The van der Waals surface area contributed by atoms with Gasteiger partial charge in [-0.25, -0.2) is 0 Å². The molecule has 4 atom stereocenters. The lowest BCUT2D eigenvalue weighted by molar-refractivity contribution is -0.143. The van der Waals surface area contributed by atoms with Gasteiger partial charge in [-0.15, -0.1) is 0 Å². The number of aromatic amines is 3. The van der Waals surface area contributed by atoms with Crippen molar-refractivity contribution in [1.29, 1.82) is 0 Å². The van der Waals surface area contributed by atoms with Gasteiger partial charge in [-0.1, -0.05) is 71.6 Å². The molecule has 8 bridgehead atoms. The summed E-state index contributed by atoms with van der Waals surface area (Å²) in [6, 6.07) is 0. The SMILES string of the molecule is C=Cc1c2[nH]c(c1C)/C=C1\N/C(=C3\c4[nH]c(c(C)c4C(=O)[C@@H]3C(=O)OC)/C=c3\[nH]/c(c(C)c3C)=C\2)[C@@H](CCC(=O)OC/C=C(\C)CCC[C@H](C)CCCC(C)C)[C@@H]1C. The monoisotopic (exact) mass is 788 g/mol. The first kappa shape index (κ1) is 42.6. The summed E-state index contributed by atoms with van der Waals surface area (Å²) in [5, 5.41) is 5.59. The van der Waals surface area contributed by atoms with Gasteiger partial charge in [0.25, 0.3) is 0 Å². The normalized spacial score (nSPS) is 22.5. The van der Waals surface area contributed by atoms with Crippen molar-refractivity contribution in [3.63, 3.8) is 0 Å². The van der Waals surface area contributed by atoms with Gasteiger partial charge in [0.15, 0.2) is 5.78 Å². The molecule has 1 saturated heterocycles. The summed E-state index contributed by atoms with van der Waals surface area (Å²) >= 11 is 0. The standard InChI is InChI=1S/C49H64N4O5/c1-12-34-31(8)38-24-39-32(9)35(19-20-42(54)58-22-21-28(5)18-14-17-27(4)16-13-15-26(2)3)46(52-39)44-45(49(56)57-11)48(55)43-33(10)40(53-47(43)44)23-36-29(6)30(7)37(50-36)25-41(34)51-38/h12,21,23-27,32,35,45,50-53H,1,13-20,22H2,2-11H3/b28-21+,36-23-,37-25-,39-24-,46-44-/t27-,32+,35+,45-/m1/s1. The molecule has 0 radical (unpaired) electrons. The highest BCUT2D eigenvalue weighted by molar-refractivity contribution is 6.24. The number of ketones is 1. The molecule has 0 saturated carbocycles. The number of aromatic nitrogens is 3. The molecule has 0 unspecified atom stereocenters. The van der Waals surface area contributed by atoms with E-state index in [0.717, 1.165) is 91.7 Å². The van der Waals surface area contributed by atoms with Crippen molar-refractivity contribution >= 4 is 47.6 Å². The Morgan fingerprint density at radius 2 is 1.53 bits per heavy atom. The number of ether oxygens (including phenoxy) is 2. The van der Waals surface area contributed by atoms with E-state index in [9.17, 15) is 14.4 Å². The molecule has 58 heavy (non-hydrogen) atoms. The third kappa shape index (κ3) is 8.55. The van der Waals surface area contributed by atoms with E-state index in [1.165, 1.54) is 38.4 Å². The lowest BCUT2D eigenvalue weighted by Gasteiger charge is -2.19. The molecule has 2 aliphatic heterocycles. The van der Waals surface area contributed by atoms with Crippen molar-refractivity contribution in [3.05, 3.63) is 96.5 Å². The number of nitrogens with one attached hydrogen (secondary N) is 4. The predicted molar refractivity (Wildman–Crippen MR) is 234 cm³/mol. The van der Waals surface area contributed by atoms with Crippen LogP contribution >= 0.6 is 0 Å². The smallest absolute Gasteiger partial charge is 0.321 e. The minimum Gasteiger partial charge on any atom is -0.468 e. The zero-order chi connectivity index (χ0) is 42.0. The van der Waals surface area contributed by atoms with Crippen LogP contribution in [0.25, 0.3) is 29.9 Å². The summed E-state index contributed by atoms with van der Waals surface area (Å²) in [5.41, 5.74) is 12.3. The molecule has 3 aromatic rings. The molecule has 3 aliphatic rings. The van der Waals surface area contributed by atoms with Crippen LogP contribution in [0.15, 0.2) is 29.6 Å². The number of carbonyl (C=O) groups excluding carboxylic acids is 3. The summed E-state index contributed by atoms with van der Waals surface area (Å²) in [6.07, 6.45) is 18.0. The molecule has 0 spiro atoms. The quantitative estimate of drug-likeness (QED) is 0.0692.